The van der Waals surface area contributed by atoms with Gasteiger partial charge < -0.3 is 14.6 Å². The Morgan fingerprint density at radius 3 is 2.80 bits per heavy atom. The maximum absolute atomic E-state index is 10.4. The highest BCUT2D eigenvalue weighted by Gasteiger charge is 2.21. The van der Waals surface area contributed by atoms with Crippen LogP contribution in [0.4, 0.5) is 0 Å². The standard InChI is InChI=1S/C17H24N2O/c1-14-6-9-18(10-7-14)12-16(20)13-19-11-8-15-4-2-3-5-17(15)19/h2-5,8,11,14,16,20H,6-7,9-10,12-13H2,1H3/p+1/t16-/m0/s1. The molecule has 1 atom stereocenters. The van der Waals surface area contributed by atoms with Crippen molar-refractivity contribution in [2.24, 2.45) is 5.92 Å². The predicted molar refractivity (Wildman–Crippen MR) is 81.9 cm³/mol. The molecule has 3 heteroatoms. The number of benzene rings is 1. The lowest BCUT2D eigenvalue weighted by Crippen LogP contribution is -3.14. The topological polar surface area (TPSA) is 29.6 Å². The van der Waals surface area contributed by atoms with Crippen LogP contribution in [0, 0.1) is 5.92 Å². The Hall–Kier alpha value is -1.32. The van der Waals surface area contributed by atoms with Gasteiger partial charge in [0.05, 0.1) is 19.6 Å². The molecule has 1 aromatic carbocycles. The Labute approximate surface area is 120 Å². The first-order chi connectivity index (χ1) is 9.72. The van der Waals surface area contributed by atoms with E-state index in [0.717, 1.165) is 12.5 Å². The number of fused-ring (bicyclic) bond motifs is 1. The fourth-order valence-corrected chi connectivity index (χ4v) is 3.30. The summed E-state index contributed by atoms with van der Waals surface area (Å²) in [5.41, 5.74) is 1.22. The number of nitrogens with zero attached hydrogens (tertiary/aromatic N) is 1. The summed E-state index contributed by atoms with van der Waals surface area (Å²) in [6, 6.07) is 10.5. The van der Waals surface area contributed by atoms with Crippen LogP contribution in [0.25, 0.3) is 10.9 Å². The van der Waals surface area contributed by atoms with E-state index >= 15 is 0 Å². The summed E-state index contributed by atoms with van der Waals surface area (Å²) >= 11 is 0. The Kier molecular flexibility index (Phi) is 4.08. The summed E-state index contributed by atoms with van der Waals surface area (Å²) in [6.07, 6.45) is 4.43. The summed E-state index contributed by atoms with van der Waals surface area (Å²) in [4.78, 5) is 1.56. The van der Waals surface area contributed by atoms with E-state index in [2.05, 4.69) is 48.0 Å². The van der Waals surface area contributed by atoms with Crippen molar-refractivity contribution in [1.29, 1.82) is 0 Å². The number of piperidine rings is 1. The molecule has 0 spiro atoms. The molecule has 2 N–H and O–H groups in total. The third-order valence-corrected chi connectivity index (χ3v) is 4.59. The molecule has 3 rings (SSSR count). The van der Waals surface area contributed by atoms with E-state index in [9.17, 15) is 5.11 Å². The third-order valence-electron chi connectivity index (χ3n) is 4.59. The fraction of sp³-hybridized carbons (Fsp3) is 0.529. The van der Waals surface area contributed by atoms with Crippen LogP contribution in [0.3, 0.4) is 0 Å². The Morgan fingerprint density at radius 2 is 2.00 bits per heavy atom. The number of aromatic nitrogens is 1. The second-order valence-electron chi connectivity index (χ2n) is 6.32. The van der Waals surface area contributed by atoms with Gasteiger partial charge in [-0.05, 0) is 36.3 Å². The van der Waals surface area contributed by atoms with Crippen LogP contribution in [0.2, 0.25) is 0 Å². The van der Waals surface area contributed by atoms with Gasteiger partial charge in [-0.2, -0.15) is 0 Å². The van der Waals surface area contributed by atoms with Crippen LogP contribution < -0.4 is 4.90 Å². The van der Waals surface area contributed by atoms with E-state index in [1.165, 1.54) is 36.8 Å². The Morgan fingerprint density at radius 1 is 1.25 bits per heavy atom. The van der Waals surface area contributed by atoms with Crippen LogP contribution >= 0.6 is 0 Å². The van der Waals surface area contributed by atoms with E-state index < -0.39 is 0 Å². The third kappa shape index (κ3) is 3.05. The van der Waals surface area contributed by atoms with Crippen molar-refractivity contribution in [3.05, 3.63) is 36.5 Å². The molecule has 1 fully saturated rings. The van der Waals surface area contributed by atoms with E-state index in [0.29, 0.717) is 6.54 Å². The molecule has 20 heavy (non-hydrogen) atoms. The zero-order valence-corrected chi connectivity index (χ0v) is 12.3. The lowest BCUT2D eigenvalue weighted by molar-refractivity contribution is -0.909. The molecule has 1 aromatic heterocycles. The molecular weight excluding hydrogens is 248 g/mol. The van der Waals surface area contributed by atoms with Crippen LogP contribution in [0.15, 0.2) is 36.5 Å². The van der Waals surface area contributed by atoms with Crippen LogP contribution in [-0.4, -0.2) is 35.4 Å². The first-order valence-electron chi connectivity index (χ1n) is 7.78. The van der Waals surface area contributed by atoms with Gasteiger partial charge in [0.2, 0.25) is 0 Å². The van der Waals surface area contributed by atoms with E-state index in [1.54, 1.807) is 4.90 Å². The second-order valence-corrected chi connectivity index (χ2v) is 6.32. The quantitative estimate of drug-likeness (QED) is 0.864. The minimum Gasteiger partial charge on any atom is -0.385 e. The van der Waals surface area contributed by atoms with Gasteiger partial charge in [-0.3, -0.25) is 0 Å². The van der Waals surface area contributed by atoms with Gasteiger partial charge in [0, 0.05) is 11.7 Å². The number of hydrogen-bond donors (Lipinski definition) is 2. The number of quaternary nitrogens is 1. The number of para-hydroxylation sites is 1. The molecule has 3 nitrogen and oxygen atoms in total. The number of hydrogen-bond acceptors (Lipinski definition) is 1. The summed E-state index contributed by atoms with van der Waals surface area (Å²) in [7, 11) is 0. The average Bonchev–Trinajstić information content (AvgIpc) is 2.85. The molecule has 2 heterocycles. The van der Waals surface area contributed by atoms with Gasteiger partial charge in [0.15, 0.2) is 0 Å². The lowest BCUT2D eigenvalue weighted by atomic mass is 9.99. The predicted octanol–water partition coefficient (Wildman–Crippen LogP) is 1.32. The molecule has 0 amide bonds. The largest absolute Gasteiger partial charge is 0.385 e. The van der Waals surface area contributed by atoms with Gasteiger partial charge >= 0.3 is 0 Å². The summed E-state index contributed by atoms with van der Waals surface area (Å²) in [6.45, 7) is 6.33. The van der Waals surface area contributed by atoms with Gasteiger partial charge in [-0.25, -0.2) is 0 Å². The van der Waals surface area contributed by atoms with Crippen molar-refractivity contribution in [1.82, 2.24) is 4.57 Å². The van der Waals surface area contributed by atoms with Crippen molar-refractivity contribution >= 4 is 10.9 Å². The molecule has 1 saturated heterocycles. The summed E-state index contributed by atoms with van der Waals surface area (Å²) in [5, 5.41) is 11.6. The summed E-state index contributed by atoms with van der Waals surface area (Å²) in [5.74, 6) is 0.865. The highest BCUT2D eigenvalue weighted by Crippen LogP contribution is 2.15. The molecule has 1 aliphatic heterocycles. The van der Waals surface area contributed by atoms with E-state index in [4.69, 9.17) is 0 Å². The lowest BCUT2D eigenvalue weighted by Gasteiger charge is -2.29. The van der Waals surface area contributed by atoms with Crippen molar-refractivity contribution in [3.63, 3.8) is 0 Å². The second kappa shape index (κ2) is 5.98. The van der Waals surface area contributed by atoms with Gasteiger partial charge in [0.1, 0.15) is 12.6 Å². The van der Waals surface area contributed by atoms with E-state index in [-0.39, 0.29) is 6.10 Å². The molecule has 0 saturated carbocycles. The first kappa shape index (κ1) is 13.7. The van der Waals surface area contributed by atoms with Crippen molar-refractivity contribution in [2.45, 2.75) is 32.4 Å². The summed E-state index contributed by atoms with van der Waals surface area (Å²) < 4.78 is 2.17. The molecule has 108 valence electrons. The SMILES string of the molecule is CC1CC[NH+](C[C@H](O)Cn2ccc3ccccc32)CC1. The maximum Gasteiger partial charge on any atom is 0.121 e. The van der Waals surface area contributed by atoms with Crippen molar-refractivity contribution in [2.75, 3.05) is 19.6 Å². The zero-order valence-electron chi connectivity index (χ0n) is 12.3. The van der Waals surface area contributed by atoms with E-state index in [1.807, 2.05) is 0 Å². The monoisotopic (exact) mass is 273 g/mol. The Balaban J connectivity index is 1.60. The molecular formula is C17H25N2O+. The van der Waals surface area contributed by atoms with Gasteiger partial charge in [-0.1, -0.05) is 25.1 Å². The molecule has 0 bridgehead atoms. The number of aliphatic hydroxyl groups excluding tert-OH is 1. The number of rotatable bonds is 4. The highest BCUT2D eigenvalue weighted by molar-refractivity contribution is 5.79. The number of nitrogens with one attached hydrogen (secondary N) is 1. The highest BCUT2D eigenvalue weighted by atomic mass is 16.3. The minimum absolute atomic E-state index is 0.255. The molecule has 0 aliphatic carbocycles. The normalized spacial score (nSPS) is 24.9. The molecule has 1 aliphatic rings. The Bertz CT molecular complexity index is 555. The molecule has 2 aromatic rings. The minimum atomic E-state index is -0.255. The molecule has 0 radical (unpaired) electrons. The fourth-order valence-electron chi connectivity index (χ4n) is 3.30. The van der Waals surface area contributed by atoms with Crippen LogP contribution in [-0.2, 0) is 6.54 Å². The average molecular weight is 273 g/mol. The van der Waals surface area contributed by atoms with Gasteiger partial charge in [-0.15, -0.1) is 0 Å². The van der Waals surface area contributed by atoms with Crippen LogP contribution in [0.5, 0.6) is 0 Å². The number of likely N-dealkylation sites (tertiary alicyclic amines) is 1. The van der Waals surface area contributed by atoms with Crippen molar-refractivity contribution < 1.29 is 10.0 Å². The number of aliphatic hydroxyl groups is 1. The smallest absolute Gasteiger partial charge is 0.121 e. The maximum atomic E-state index is 10.4. The van der Waals surface area contributed by atoms with Crippen molar-refractivity contribution in [3.8, 4) is 0 Å². The van der Waals surface area contributed by atoms with Crippen LogP contribution in [0.1, 0.15) is 19.8 Å². The first-order valence-corrected chi connectivity index (χ1v) is 7.78. The van der Waals surface area contributed by atoms with Gasteiger partial charge in [0.25, 0.3) is 0 Å². The zero-order chi connectivity index (χ0) is 13.9. The molecule has 0 unspecified atom stereocenters.